The minimum Gasteiger partial charge on any atom is -0.256 e. The maximum absolute atomic E-state index is 8.96. The summed E-state index contributed by atoms with van der Waals surface area (Å²) in [7, 11) is 0. The van der Waals surface area contributed by atoms with Gasteiger partial charge in [-0.3, -0.25) is 4.98 Å². The van der Waals surface area contributed by atoms with Crippen molar-refractivity contribution in [1.29, 1.82) is 5.26 Å². The summed E-state index contributed by atoms with van der Waals surface area (Å²) in [4.78, 5) is 4.71. The summed E-state index contributed by atoms with van der Waals surface area (Å²) >= 11 is 0. The van der Waals surface area contributed by atoms with Crippen LogP contribution in [0.4, 0.5) is 0 Å². The molecular formula is C25H18N2. The molecule has 0 spiro atoms. The number of hydrogen-bond donors (Lipinski definition) is 0. The van der Waals surface area contributed by atoms with Crippen LogP contribution in [0.1, 0.15) is 11.1 Å². The van der Waals surface area contributed by atoms with Crippen molar-refractivity contribution in [2.24, 2.45) is 0 Å². The summed E-state index contributed by atoms with van der Waals surface area (Å²) in [5.41, 5.74) is 8.46. The van der Waals surface area contributed by atoms with E-state index in [1.807, 2.05) is 54.7 Å². The van der Waals surface area contributed by atoms with Crippen LogP contribution in [0.25, 0.3) is 33.5 Å². The SMILES string of the molecule is Cc1cc(-c2cccc(-c3ccc(C#N)cc3)c2)ncc1-c1ccccc1. The number of nitrogens with zero attached hydrogens (tertiary/aromatic N) is 2. The molecule has 0 fully saturated rings. The van der Waals surface area contributed by atoms with Gasteiger partial charge in [-0.15, -0.1) is 0 Å². The Kier molecular flexibility index (Phi) is 4.51. The van der Waals surface area contributed by atoms with Crippen LogP contribution in [0, 0.1) is 18.3 Å². The van der Waals surface area contributed by atoms with Crippen LogP contribution in [0.5, 0.6) is 0 Å². The average Bonchev–Trinajstić information content (AvgIpc) is 2.74. The molecule has 0 N–H and O–H groups in total. The second kappa shape index (κ2) is 7.27. The average molecular weight is 346 g/mol. The Bertz CT molecular complexity index is 1120. The molecule has 1 aromatic heterocycles. The number of aromatic nitrogens is 1. The maximum Gasteiger partial charge on any atom is 0.0991 e. The van der Waals surface area contributed by atoms with Gasteiger partial charge in [0.05, 0.1) is 17.3 Å². The van der Waals surface area contributed by atoms with Gasteiger partial charge < -0.3 is 0 Å². The van der Waals surface area contributed by atoms with Crippen molar-refractivity contribution < 1.29 is 0 Å². The highest BCUT2D eigenvalue weighted by Crippen LogP contribution is 2.29. The van der Waals surface area contributed by atoms with Gasteiger partial charge in [-0.25, -0.2) is 0 Å². The molecule has 1 heterocycles. The molecule has 0 aliphatic rings. The third-order valence-electron chi connectivity index (χ3n) is 4.70. The molecule has 4 rings (SSSR count). The fourth-order valence-corrected chi connectivity index (χ4v) is 3.23. The minimum atomic E-state index is 0.670. The molecule has 27 heavy (non-hydrogen) atoms. The predicted octanol–water partition coefficient (Wildman–Crippen LogP) is 6.26. The number of pyridine rings is 1. The molecule has 0 aliphatic carbocycles. The Hall–Kier alpha value is -3.70. The van der Waals surface area contributed by atoms with Crippen LogP contribution in [-0.4, -0.2) is 4.98 Å². The fourth-order valence-electron chi connectivity index (χ4n) is 3.23. The summed E-state index contributed by atoms with van der Waals surface area (Å²) in [6.07, 6.45) is 1.95. The lowest BCUT2D eigenvalue weighted by Crippen LogP contribution is -1.90. The largest absolute Gasteiger partial charge is 0.256 e. The monoisotopic (exact) mass is 346 g/mol. The Labute approximate surface area is 159 Å². The van der Waals surface area contributed by atoms with Crippen molar-refractivity contribution in [3.63, 3.8) is 0 Å². The van der Waals surface area contributed by atoms with Gasteiger partial charge >= 0.3 is 0 Å². The van der Waals surface area contributed by atoms with Gasteiger partial charge in [0.15, 0.2) is 0 Å². The normalized spacial score (nSPS) is 10.4. The molecule has 0 saturated carbocycles. The number of nitriles is 1. The second-order valence-corrected chi connectivity index (χ2v) is 6.52. The lowest BCUT2D eigenvalue weighted by atomic mass is 9.98. The molecule has 2 heteroatoms. The first kappa shape index (κ1) is 16.8. The van der Waals surface area contributed by atoms with Crippen LogP contribution < -0.4 is 0 Å². The van der Waals surface area contributed by atoms with E-state index in [4.69, 9.17) is 10.2 Å². The lowest BCUT2D eigenvalue weighted by molar-refractivity contribution is 1.29. The molecular weight excluding hydrogens is 328 g/mol. The molecule has 3 aromatic carbocycles. The van der Waals surface area contributed by atoms with Gasteiger partial charge in [0.25, 0.3) is 0 Å². The molecule has 128 valence electrons. The molecule has 0 amide bonds. The first-order valence-electron chi connectivity index (χ1n) is 8.87. The zero-order chi connectivity index (χ0) is 18.6. The highest BCUT2D eigenvalue weighted by atomic mass is 14.7. The molecule has 0 saturated heterocycles. The summed E-state index contributed by atoms with van der Waals surface area (Å²) in [6.45, 7) is 2.12. The standard InChI is InChI=1S/C25H18N2/c1-18-14-25(27-17-24(18)21-6-3-2-4-7-21)23-9-5-8-22(15-23)20-12-10-19(16-26)11-13-20/h2-15,17H,1H3. The number of benzene rings is 3. The zero-order valence-electron chi connectivity index (χ0n) is 15.1. The number of rotatable bonds is 3. The first-order valence-corrected chi connectivity index (χ1v) is 8.87. The van der Waals surface area contributed by atoms with Gasteiger partial charge in [0.2, 0.25) is 0 Å². The third kappa shape index (κ3) is 3.49. The minimum absolute atomic E-state index is 0.670. The topological polar surface area (TPSA) is 36.7 Å². The third-order valence-corrected chi connectivity index (χ3v) is 4.70. The van der Waals surface area contributed by atoms with E-state index in [0.717, 1.165) is 27.9 Å². The van der Waals surface area contributed by atoms with Crippen molar-refractivity contribution >= 4 is 0 Å². The fraction of sp³-hybridized carbons (Fsp3) is 0.0400. The van der Waals surface area contributed by atoms with Crippen LogP contribution >= 0.6 is 0 Å². The first-order chi connectivity index (χ1) is 13.2. The lowest BCUT2D eigenvalue weighted by Gasteiger charge is -2.10. The van der Waals surface area contributed by atoms with E-state index >= 15 is 0 Å². The number of hydrogen-bond acceptors (Lipinski definition) is 2. The Morgan fingerprint density at radius 2 is 1.41 bits per heavy atom. The van der Waals surface area contributed by atoms with Gasteiger partial charge in [0.1, 0.15) is 0 Å². The van der Waals surface area contributed by atoms with Gasteiger partial charge in [0, 0.05) is 17.3 Å². The van der Waals surface area contributed by atoms with Crippen LogP contribution in [0.2, 0.25) is 0 Å². The van der Waals surface area contributed by atoms with E-state index in [9.17, 15) is 0 Å². The van der Waals surface area contributed by atoms with Crippen molar-refractivity contribution in [2.75, 3.05) is 0 Å². The van der Waals surface area contributed by atoms with E-state index < -0.39 is 0 Å². The Morgan fingerprint density at radius 3 is 2.11 bits per heavy atom. The predicted molar refractivity (Wildman–Crippen MR) is 110 cm³/mol. The smallest absolute Gasteiger partial charge is 0.0991 e. The van der Waals surface area contributed by atoms with Crippen LogP contribution in [0.3, 0.4) is 0 Å². The number of aryl methyl sites for hydroxylation is 1. The molecule has 4 aromatic rings. The maximum atomic E-state index is 8.96. The van der Waals surface area contributed by atoms with Crippen LogP contribution in [-0.2, 0) is 0 Å². The quantitative estimate of drug-likeness (QED) is 0.439. The summed E-state index contributed by atoms with van der Waals surface area (Å²) < 4.78 is 0. The van der Waals surface area contributed by atoms with E-state index in [0.29, 0.717) is 5.56 Å². The molecule has 0 unspecified atom stereocenters. The van der Waals surface area contributed by atoms with Gasteiger partial charge in [-0.1, -0.05) is 60.7 Å². The van der Waals surface area contributed by atoms with Crippen molar-refractivity contribution in [2.45, 2.75) is 6.92 Å². The molecule has 0 bridgehead atoms. The summed E-state index contributed by atoms with van der Waals surface area (Å²) in [6, 6.07) is 30.6. The van der Waals surface area contributed by atoms with Crippen molar-refractivity contribution in [3.8, 4) is 39.6 Å². The summed E-state index contributed by atoms with van der Waals surface area (Å²) in [5.74, 6) is 0. The van der Waals surface area contributed by atoms with E-state index in [-0.39, 0.29) is 0 Å². The van der Waals surface area contributed by atoms with E-state index in [2.05, 4.69) is 49.4 Å². The van der Waals surface area contributed by atoms with Gasteiger partial charge in [-0.05, 0) is 53.4 Å². The van der Waals surface area contributed by atoms with E-state index in [1.54, 1.807) is 0 Å². The summed E-state index contributed by atoms with van der Waals surface area (Å²) in [5, 5.41) is 8.96. The van der Waals surface area contributed by atoms with Crippen molar-refractivity contribution in [3.05, 3.63) is 102 Å². The Balaban J connectivity index is 1.70. The second-order valence-electron chi connectivity index (χ2n) is 6.52. The molecule has 0 aliphatic heterocycles. The van der Waals surface area contributed by atoms with E-state index in [1.165, 1.54) is 11.1 Å². The molecule has 0 atom stereocenters. The molecule has 0 radical (unpaired) electrons. The zero-order valence-corrected chi connectivity index (χ0v) is 15.1. The van der Waals surface area contributed by atoms with Crippen LogP contribution in [0.15, 0.2) is 91.1 Å². The van der Waals surface area contributed by atoms with Crippen molar-refractivity contribution in [1.82, 2.24) is 4.98 Å². The highest BCUT2D eigenvalue weighted by molar-refractivity contribution is 5.74. The highest BCUT2D eigenvalue weighted by Gasteiger charge is 2.07. The molecule has 2 nitrogen and oxygen atoms in total. The Morgan fingerprint density at radius 1 is 0.704 bits per heavy atom. The van der Waals surface area contributed by atoms with Gasteiger partial charge in [-0.2, -0.15) is 5.26 Å².